The van der Waals surface area contributed by atoms with Gasteiger partial charge in [-0.15, -0.1) is 0 Å². The van der Waals surface area contributed by atoms with E-state index in [9.17, 15) is 18.0 Å². The summed E-state index contributed by atoms with van der Waals surface area (Å²) in [4.78, 5) is 28.9. The minimum absolute atomic E-state index is 0.0171. The Labute approximate surface area is 180 Å². The molecule has 2 heterocycles. The molecule has 0 saturated heterocycles. The summed E-state index contributed by atoms with van der Waals surface area (Å²) in [7, 11) is -2.68. The third-order valence-corrected chi connectivity index (χ3v) is 6.44. The third kappa shape index (κ3) is 4.31. The second-order valence-electron chi connectivity index (χ2n) is 6.54. The third-order valence-electron chi connectivity index (χ3n) is 4.49. The van der Waals surface area contributed by atoms with E-state index in [1.54, 1.807) is 24.3 Å². The zero-order valence-electron chi connectivity index (χ0n) is 16.2. The molecule has 31 heavy (non-hydrogen) atoms. The van der Waals surface area contributed by atoms with Crippen molar-refractivity contribution in [3.63, 3.8) is 0 Å². The van der Waals surface area contributed by atoms with Crippen LogP contribution < -0.4 is 19.4 Å². The van der Waals surface area contributed by atoms with Crippen LogP contribution in [0.25, 0.3) is 10.2 Å². The summed E-state index contributed by atoms with van der Waals surface area (Å²) >= 11 is 1.04. The fourth-order valence-corrected chi connectivity index (χ4v) is 4.66. The molecule has 1 aliphatic heterocycles. The number of hydrogen-bond donors (Lipinski definition) is 1. The van der Waals surface area contributed by atoms with Crippen molar-refractivity contribution >= 4 is 43.5 Å². The Morgan fingerprint density at radius 3 is 2.71 bits per heavy atom. The standard InChI is InChI=1S/C19H17N3O7S2/c1-27-17(23)9-22-12-7-6-11(31(20,25)26)8-16(12)30-19(22)21-18(24)15-10-28-13-4-2-3-5-14(13)29-15/h2-8,15H,9-10H2,1H3,(H2,20,25,26)/t15-/m1/s1. The first-order valence-corrected chi connectivity index (χ1v) is 11.3. The Balaban J connectivity index is 1.76. The molecule has 1 aliphatic rings. The summed E-state index contributed by atoms with van der Waals surface area (Å²) in [6.45, 7) is -0.237. The van der Waals surface area contributed by atoms with Crippen molar-refractivity contribution in [2.24, 2.45) is 10.1 Å². The van der Waals surface area contributed by atoms with Gasteiger partial charge in [0.15, 0.2) is 16.3 Å². The smallest absolute Gasteiger partial charge is 0.325 e. The number of primary sulfonamides is 1. The SMILES string of the molecule is COC(=O)Cn1c(=NC(=O)[C@H]2COc3ccccc3O2)sc2cc(S(N)(=O)=O)ccc21. The summed E-state index contributed by atoms with van der Waals surface area (Å²) in [5.74, 6) is -0.204. The van der Waals surface area contributed by atoms with Crippen molar-refractivity contribution in [3.05, 3.63) is 47.3 Å². The molecule has 0 aliphatic carbocycles. The van der Waals surface area contributed by atoms with E-state index < -0.39 is 28.0 Å². The number of esters is 1. The first kappa shape index (κ1) is 21.0. The van der Waals surface area contributed by atoms with Crippen LogP contribution in [-0.4, -0.2) is 44.7 Å². The van der Waals surface area contributed by atoms with E-state index in [0.29, 0.717) is 21.7 Å². The van der Waals surface area contributed by atoms with Gasteiger partial charge in [0.25, 0.3) is 5.91 Å². The molecule has 4 rings (SSSR count). The largest absolute Gasteiger partial charge is 0.485 e. The number of aromatic nitrogens is 1. The highest BCUT2D eigenvalue weighted by Crippen LogP contribution is 2.31. The monoisotopic (exact) mass is 463 g/mol. The van der Waals surface area contributed by atoms with Crippen LogP contribution >= 0.6 is 11.3 Å². The number of rotatable bonds is 4. The van der Waals surface area contributed by atoms with Gasteiger partial charge in [0.05, 0.1) is 22.2 Å². The number of nitrogens with zero attached hydrogens (tertiary/aromatic N) is 2. The topological polar surface area (TPSA) is 139 Å². The molecular weight excluding hydrogens is 446 g/mol. The lowest BCUT2D eigenvalue weighted by Crippen LogP contribution is -2.37. The molecule has 2 aromatic carbocycles. The zero-order chi connectivity index (χ0) is 22.2. The highest BCUT2D eigenvalue weighted by molar-refractivity contribution is 7.89. The molecular formula is C19H17N3O7S2. The Morgan fingerprint density at radius 1 is 1.26 bits per heavy atom. The second kappa shape index (κ2) is 8.13. The number of para-hydroxylation sites is 2. The van der Waals surface area contributed by atoms with Crippen molar-refractivity contribution in [2.75, 3.05) is 13.7 Å². The number of amides is 1. The molecule has 0 radical (unpaired) electrons. The average Bonchev–Trinajstić information content (AvgIpc) is 3.08. The maximum atomic E-state index is 12.8. The maximum Gasteiger partial charge on any atom is 0.325 e. The van der Waals surface area contributed by atoms with Gasteiger partial charge in [-0.2, -0.15) is 4.99 Å². The van der Waals surface area contributed by atoms with Crippen LogP contribution in [0.3, 0.4) is 0 Å². The predicted octanol–water partition coefficient (Wildman–Crippen LogP) is 0.791. The maximum absolute atomic E-state index is 12.8. The van der Waals surface area contributed by atoms with Gasteiger partial charge in [-0.1, -0.05) is 23.5 Å². The first-order valence-electron chi connectivity index (χ1n) is 8.96. The van der Waals surface area contributed by atoms with Crippen molar-refractivity contribution in [3.8, 4) is 11.5 Å². The zero-order valence-corrected chi connectivity index (χ0v) is 17.8. The van der Waals surface area contributed by atoms with E-state index in [1.165, 1.54) is 29.9 Å². The molecule has 2 N–H and O–H groups in total. The number of thiazole rings is 1. The van der Waals surface area contributed by atoms with E-state index >= 15 is 0 Å². The number of hydrogen-bond acceptors (Lipinski definition) is 8. The lowest BCUT2D eigenvalue weighted by atomic mass is 10.2. The molecule has 3 aromatic rings. The fraction of sp³-hybridized carbons (Fsp3) is 0.211. The Morgan fingerprint density at radius 2 is 2.00 bits per heavy atom. The normalized spacial score (nSPS) is 16.3. The van der Waals surface area contributed by atoms with Crippen LogP contribution in [0.5, 0.6) is 11.5 Å². The van der Waals surface area contributed by atoms with Gasteiger partial charge in [-0.25, -0.2) is 13.6 Å². The van der Waals surface area contributed by atoms with Crippen LogP contribution in [0.2, 0.25) is 0 Å². The van der Waals surface area contributed by atoms with Gasteiger partial charge in [-0.3, -0.25) is 9.59 Å². The van der Waals surface area contributed by atoms with Gasteiger partial charge >= 0.3 is 5.97 Å². The molecule has 12 heteroatoms. The predicted molar refractivity (Wildman–Crippen MR) is 110 cm³/mol. The number of carbonyl (C=O) groups is 2. The highest BCUT2D eigenvalue weighted by atomic mass is 32.2. The van der Waals surface area contributed by atoms with Gasteiger partial charge in [0, 0.05) is 0 Å². The van der Waals surface area contributed by atoms with Gasteiger partial charge in [0.1, 0.15) is 13.2 Å². The van der Waals surface area contributed by atoms with E-state index in [-0.39, 0.29) is 22.8 Å². The van der Waals surface area contributed by atoms with Crippen LogP contribution in [0.4, 0.5) is 0 Å². The van der Waals surface area contributed by atoms with E-state index in [0.717, 1.165) is 11.3 Å². The van der Waals surface area contributed by atoms with Crippen molar-refractivity contribution in [2.45, 2.75) is 17.5 Å². The van der Waals surface area contributed by atoms with Gasteiger partial charge in [0.2, 0.25) is 16.1 Å². The van der Waals surface area contributed by atoms with E-state index in [1.807, 2.05) is 0 Å². The van der Waals surface area contributed by atoms with Crippen LogP contribution in [0.15, 0.2) is 52.4 Å². The first-order chi connectivity index (χ1) is 14.8. The molecule has 1 atom stereocenters. The minimum atomic E-state index is -3.92. The molecule has 0 unspecified atom stereocenters. The molecule has 1 aromatic heterocycles. The van der Waals surface area contributed by atoms with Crippen LogP contribution in [-0.2, 0) is 30.9 Å². The fourth-order valence-electron chi connectivity index (χ4n) is 2.97. The minimum Gasteiger partial charge on any atom is -0.485 e. The Hall–Kier alpha value is -3.22. The van der Waals surface area contributed by atoms with Crippen molar-refractivity contribution in [1.29, 1.82) is 0 Å². The quantitative estimate of drug-likeness (QED) is 0.564. The number of ether oxygens (including phenoxy) is 3. The van der Waals surface area contributed by atoms with Gasteiger partial charge < -0.3 is 18.8 Å². The summed E-state index contributed by atoms with van der Waals surface area (Å²) in [6.07, 6.45) is -0.966. The number of nitrogens with two attached hydrogens (primary N) is 1. The average molecular weight is 463 g/mol. The number of methoxy groups -OCH3 is 1. The highest BCUT2D eigenvalue weighted by Gasteiger charge is 2.27. The summed E-state index contributed by atoms with van der Waals surface area (Å²) in [5, 5.41) is 5.20. The van der Waals surface area contributed by atoms with Crippen LogP contribution in [0, 0.1) is 0 Å². The number of carbonyl (C=O) groups excluding carboxylic acids is 2. The summed E-state index contributed by atoms with van der Waals surface area (Å²) < 4.78 is 41.3. The molecule has 0 saturated carbocycles. The Kier molecular flexibility index (Phi) is 5.52. The van der Waals surface area contributed by atoms with E-state index in [4.69, 9.17) is 19.3 Å². The Bertz CT molecular complexity index is 1360. The number of benzene rings is 2. The summed E-state index contributed by atoms with van der Waals surface area (Å²) in [6, 6.07) is 11.1. The molecule has 10 nitrogen and oxygen atoms in total. The van der Waals surface area contributed by atoms with E-state index in [2.05, 4.69) is 4.99 Å². The molecule has 0 bridgehead atoms. The number of fused-ring (bicyclic) bond motifs is 2. The summed E-state index contributed by atoms with van der Waals surface area (Å²) in [5.41, 5.74) is 0.500. The van der Waals surface area contributed by atoms with Crippen molar-refractivity contribution in [1.82, 2.24) is 4.57 Å². The molecule has 162 valence electrons. The van der Waals surface area contributed by atoms with Crippen LogP contribution in [0.1, 0.15) is 0 Å². The van der Waals surface area contributed by atoms with Gasteiger partial charge in [-0.05, 0) is 30.3 Å². The lowest BCUT2D eigenvalue weighted by molar-refractivity contribution is -0.141. The molecule has 0 fully saturated rings. The molecule has 0 spiro atoms. The molecule has 1 amide bonds. The van der Waals surface area contributed by atoms with Crippen molar-refractivity contribution < 1.29 is 32.2 Å². The lowest BCUT2D eigenvalue weighted by Gasteiger charge is -2.23. The number of sulfonamides is 1. The second-order valence-corrected chi connectivity index (χ2v) is 9.11.